The van der Waals surface area contributed by atoms with E-state index in [1.54, 1.807) is 11.0 Å². The molecule has 0 radical (unpaired) electrons. The van der Waals surface area contributed by atoms with E-state index in [1.807, 2.05) is 6.92 Å². The van der Waals surface area contributed by atoms with Crippen LogP contribution in [0.3, 0.4) is 0 Å². The molecule has 0 bridgehead atoms. The highest BCUT2D eigenvalue weighted by Gasteiger charge is 2.32. The first-order chi connectivity index (χ1) is 10.8. The second-order valence-corrected chi connectivity index (χ2v) is 7.29. The number of carbonyl (C=O) groups is 1. The molecule has 1 aromatic carbocycles. The zero-order valence-corrected chi connectivity index (χ0v) is 14.6. The summed E-state index contributed by atoms with van der Waals surface area (Å²) < 4.78 is 37.7. The van der Waals surface area contributed by atoms with E-state index >= 15 is 0 Å². The van der Waals surface area contributed by atoms with Gasteiger partial charge in [-0.05, 0) is 18.6 Å². The third-order valence-electron chi connectivity index (χ3n) is 3.98. The van der Waals surface area contributed by atoms with E-state index < -0.39 is 10.0 Å². The minimum atomic E-state index is -3.71. The maximum Gasteiger partial charge on any atom is 0.247 e. The second-order valence-electron chi connectivity index (χ2n) is 5.38. The molecule has 1 aliphatic heterocycles. The number of piperazine rings is 1. The van der Waals surface area contributed by atoms with Gasteiger partial charge in [-0.3, -0.25) is 4.79 Å². The summed E-state index contributed by atoms with van der Waals surface area (Å²) in [6, 6.07) is 3.14. The van der Waals surface area contributed by atoms with E-state index in [-0.39, 0.29) is 29.6 Å². The van der Waals surface area contributed by atoms with Gasteiger partial charge in [-0.1, -0.05) is 0 Å². The largest absolute Gasteiger partial charge is 0.496 e. The molecule has 1 fully saturated rings. The van der Waals surface area contributed by atoms with Crippen LogP contribution in [0.5, 0.6) is 11.5 Å². The van der Waals surface area contributed by atoms with Crippen LogP contribution in [0.2, 0.25) is 0 Å². The van der Waals surface area contributed by atoms with Gasteiger partial charge in [-0.25, -0.2) is 8.42 Å². The Morgan fingerprint density at radius 2 is 1.61 bits per heavy atom. The summed E-state index contributed by atoms with van der Waals surface area (Å²) in [5.41, 5.74) is 0.796. The minimum Gasteiger partial charge on any atom is -0.496 e. The van der Waals surface area contributed by atoms with Crippen LogP contribution >= 0.6 is 0 Å². The van der Waals surface area contributed by atoms with Crippen LogP contribution in [-0.2, 0) is 14.8 Å². The Morgan fingerprint density at radius 1 is 1.04 bits per heavy atom. The van der Waals surface area contributed by atoms with Crippen LogP contribution in [0.25, 0.3) is 0 Å². The molecule has 0 saturated carbocycles. The zero-order valence-electron chi connectivity index (χ0n) is 13.8. The van der Waals surface area contributed by atoms with E-state index in [2.05, 4.69) is 0 Å². The average Bonchev–Trinajstić information content (AvgIpc) is 2.54. The second kappa shape index (κ2) is 6.76. The zero-order chi connectivity index (χ0) is 17.2. The molecular formula is C15H22N2O5S. The van der Waals surface area contributed by atoms with Crippen molar-refractivity contribution in [3.63, 3.8) is 0 Å². The van der Waals surface area contributed by atoms with Gasteiger partial charge in [0.15, 0.2) is 0 Å². The monoisotopic (exact) mass is 342 g/mol. The third-order valence-corrected chi connectivity index (χ3v) is 5.90. The lowest BCUT2D eigenvalue weighted by molar-refractivity contribution is -0.129. The van der Waals surface area contributed by atoms with E-state index in [0.29, 0.717) is 18.8 Å². The van der Waals surface area contributed by atoms with Gasteiger partial charge in [0.25, 0.3) is 0 Å². The summed E-state index contributed by atoms with van der Waals surface area (Å²) in [6.45, 7) is 4.61. The number of hydrogen-bond donors (Lipinski definition) is 0. The van der Waals surface area contributed by atoms with Crippen molar-refractivity contribution < 1.29 is 22.7 Å². The highest BCUT2D eigenvalue weighted by atomic mass is 32.2. The first-order valence-electron chi connectivity index (χ1n) is 7.29. The Labute approximate surface area is 136 Å². The lowest BCUT2D eigenvalue weighted by Gasteiger charge is -2.33. The van der Waals surface area contributed by atoms with Crippen LogP contribution in [-0.4, -0.2) is 63.9 Å². The topological polar surface area (TPSA) is 76.2 Å². The smallest absolute Gasteiger partial charge is 0.247 e. The number of carbonyl (C=O) groups excluding carboxylic acids is 1. The fourth-order valence-electron chi connectivity index (χ4n) is 2.61. The standard InChI is InChI=1S/C15H22N2O5S/c1-11-9-14(22-4)15(10-13(11)21-3)23(19,20)17-7-5-16(6-8-17)12(2)18/h9-10H,5-8H2,1-4H3. The SMILES string of the molecule is COc1cc(S(=O)(=O)N2CCN(C(C)=O)CC2)c(OC)cc1C. The number of amides is 1. The molecular weight excluding hydrogens is 320 g/mol. The summed E-state index contributed by atoms with van der Waals surface area (Å²) in [5.74, 6) is 0.737. The van der Waals surface area contributed by atoms with Gasteiger partial charge in [0.2, 0.25) is 15.9 Å². The molecule has 1 aliphatic rings. The van der Waals surface area contributed by atoms with E-state index in [4.69, 9.17) is 9.47 Å². The predicted molar refractivity (Wildman–Crippen MR) is 85.3 cm³/mol. The van der Waals surface area contributed by atoms with Crippen molar-refractivity contribution in [2.24, 2.45) is 0 Å². The van der Waals surface area contributed by atoms with Gasteiger partial charge in [0, 0.05) is 39.2 Å². The highest BCUT2D eigenvalue weighted by Crippen LogP contribution is 2.33. The Hall–Kier alpha value is -1.80. The first kappa shape index (κ1) is 17.6. The number of rotatable bonds is 4. The molecule has 1 amide bonds. The molecule has 7 nitrogen and oxygen atoms in total. The minimum absolute atomic E-state index is 0.0448. The molecule has 0 aromatic heterocycles. The van der Waals surface area contributed by atoms with Crippen LogP contribution in [0.4, 0.5) is 0 Å². The fourth-order valence-corrected chi connectivity index (χ4v) is 4.18. The van der Waals surface area contributed by atoms with Gasteiger partial charge < -0.3 is 14.4 Å². The molecule has 1 saturated heterocycles. The van der Waals surface area contributed by atoms with Gasteiger partial charge in [-0.2, -0.15) is 4.31 Å². The summed E-state index contributed by atoms with van der Waals surface area (Å²) in [5, 5.41) is 0. The highest BCUT2D eigenvalue weighted by molar-refractivity contribution is 7.89. The Morgan fingerprint density at radius 3 is 2.09 bits per heavy atom. The van der Waals surface area contributed by atoms with Crippen molar-refractivity contribution in [2.75, 3.05) is 40.4 Å². The van der Waals surface area contributed by atoms with Crippen LogP contribution in [0.1, 0.15) is 12.5 Å². The molecule has 0 unspecified atom stereocenters. The summed E-state index contributed by atoms with van der Waals surface area (Å²) >= 11 is 0. The van der Waals surface area contributed by atoms with Crippen molar-refractivity contribution in [3.05, 3.63) is 17.7 Å². The molecule has 1 aromatic rings. The lowest BCUT2D eigenvalue weighted by Crippen LogP contribution is -2.49. The van der Waals surface area contributed by atoms with Crippen molar-refractivity contribution in [1.29, 1.82) is 0 Å². The molecule has 0 spiro atoms. The summed E-state index contributed by atoms with van der Waals surface area (Å²) in [4.78, 5) is 13.1. The first-order valence-corrected chi connectivity index (χ1v) is 8.73. The molecule has 2 rings (SSSR count). The fraction of sp³-hybridized carbons (Fsp3) is 0.533. The number of methoxy groups -OCH3 is 2. The molecule has 128 valence electrons. The maximum atomic E-state index is 12.9. The third kappa shape index (κ3) is 3.42. The number of hydrogen-bond acceptors (Lipinski definition) is 5. The van der Waals surface area contributed by atoms with Crippen molar-refractivity contribution in [3.8, 4) is 11.5 Å². The Kier molecular flexibility index (Phi) is 5.16. The van der Waals surface area contributed by atoms with Gasteiger partial charge in [0.1, 0.15) is 16.4 Å². The molecule has 1 heterocycles. The van der Waals surface area contributed by atoms with Gasteiger partial charge >= 0.3 is 0 Å². The summed E-state index contributed by atoms with van der Waals surface area (Å²) in [6.07, 6.45) is 0. The summed E-state index contributed by atoms with van der Waals surface area (Å²) in [7, 11) is -0.778. The number of sulfonamides is 1. The van der Waals surface area contributed by atoms with E-state index in [0.717, 1.165) is 5.56 Å². The number of ether oxygens (including phenoxy) is 2. The number of nitrogens with zero attached hydrogens (tertiary/aromatic N) is 2. The van der Waals surface area contributed by atoms with E-state index in [9.17, 15) is 13.2 Å². The predicted octanol–water partition coefficient (Wildman–Crippen LogP) is 0.865. The number of benzene rings is 1. The van der Waals surface area contributed by atoms with Gasteiger partial charge in [-0.15, -0.1) is 0 Å². The van der Waals surface area contributed by atoms with E-state index in [1.165, 1.54) is 31.5 Å². The maximum absolute atomic E-state index is 12.9. The van der Waals surface area contributed by atoms with Crippen molar-refractivity contribution in [2.45, 2.75) is 18.7 Å². The molecule has 0 N–H and O–H groups in total. The molecule has 23 heavy (non-hydrogen) atoms. The van der Waals surface area contributed by atoms with Crippen molar-refractivity contribution >= 4 is 15.9 Å². The normalized spacial score (nSPS) is 16.3. The lowest BCUT2D eigenvalue weighted by atomic mass is 10.2. The quantitative estimate of drug-likeness (QED) is 0.811. The van der Waals surface area contributed by atoms with Gasteiger partial charge in [0.05, 0.1) is 14.2 Å². The Balaban J connectivity index is 2.35. The average molecular weight is 342 g/mol. The van der Waals surface area contributed by atoms with Crippen LogP contribution < -0.4 is 9.47 Å². The molecule has 0 atom stereocenters. The molecule has 8 heteroatoms. The molecule has 0 aliphatic carbocycles. The van der Waals surface area contributed by atoms with Crippen LogP contribution in [0, 0.1) is 6.92 Å². The van der Waals surface area contributed by atoms with Crippen LogP contribution in [0.15, 0.2) is 17.0 Å². The van der Waals surface area contributed by atoms with Crippen molar-refractivity contribution in [1.82, 2.24) is 9.21 Å². The number of aryl methyl sites for hydroxylation is 1. The Bertz CT molecular complexity index is 694.